The standard InChI is InChI=1S/C20H19F3N6O3S/c21-20(22,23)32-16-4-6-17(7-5-16)33(30,31)27-15-13-25-19(26-14-15)29-11-9-28(10-12-29)18-3-1-2-8-24-18/h1-8,13-14,27H,9-12H2. The number of nitrogens with one attached hydrogen (secondary N) is 1. The largest absolute Gasteiger partial charge is 0.573 e. The first-order valence-corrected chi connectivity index (χ1v) is 11.3. The third kappa shape index (κ3) is 5.80. The number of aromatic nitrogens is 3. The molecule has 1 aliphatic rings. The fourth-order valence-corrected chi connectivity index (χ4v) is 4.28. The number of rotatable bonds is 6. The van der Waals surface area contributed by atoms with Crippen LogP contribution in [0.5, 0.6) is 5.75 Å². The van der Waals surface area contributed by atoms with E-state index in [1.54, 1.807) is 6.20 Å². The van der Waals surface area contributed by atoms with Crippen molar-refractivity contribution >= 4 is 27.5 Å². The van der Waals surface area contributed by atoms with Gasteiger partial charge in [-0.3, -0.25) is 4.72 Å². The third-order valence-corrected chi connectivity index (χ3v) is 6.19. The number of halogens is 3. The van der Waals surface area contributed by atoms with E-state index in [4.69, 9.17) is 0 Å². The molecule has 0 radical (unpaired) electrons. The lowest BCUT2D eigenvalue weighted by Gasteiger charge is -2.35. The Morgan fingerprint density at radius 2 is 1.52 bits per heavy atom. The molecule has 0 unspecified atom stereocenters. The van der Waals surface area contributed by atoms with Crippen LogP contribution >= 0.6 is 0 Å². The van der Waals surface area contributed by atoms with E-state index in [1.165, 1.54) is 12.4 Å². The number of alkyl halides is 3. The minimum Gasteiger partial charge on any atom is -0.406 e. The van der Waals surface area contributed by atoms with Crippen molar-refractivity contribution in [2.75, 3.05) is 40.7 Å². The highest BCUT2D eigenvalue weighted by Gasteiger charge is 2.31. The second-order valence-corrected chi connectivity index (χ2v) is 8.74. The maximum Gasteiger partial charge on any atom is 0.573 e. The topological polar surface area (TPSA) is 101 Å². The van der Waals surface area contributed by atoms with E-state index in [1.807, 2.05) is 23.1 Å². The molecule has 3 heterocycles. The van der Waals surface area contributed by atoms with E-state index < -0.39 is 22.1 Å². The summed E-state index contributed by atoms with van der Waals surface area (Å²) < 4.78 is 67.8. The Morgan fingerprint density at radius 1 is 0.879 bits per heavy atom. The molecule has 0 atom stereocenters. The van der Waals surface area contributed by atoms with Crippen LogP contribution < -0.4 is 19.3 Å². The second-order valence-electron chi connectivity index (χ2n) is 7.06. The van der Waals surface area contributed by atoms with E-state index >= 15 is 0 Å². The first kappa shape index (κ1) is 22.6. The normalized spacial score (nSPS) is 14.8. The Hall–Kier alpha value is -3.61. The molecule has 1 aliphatic heterocycles. The summed E-state index contributed by atoms with van der Waals surface area (Å²) in [6, 6.07) is 9.62. The predicted octanol–water partition coefficient (Wildman–Crippen LogP) is 2.90. The summed E-state index contributed by atoms with van der Waals surface area (Å²) in [5.74, 6) is 0.852. The molecule has 1 aromatic carbocycles. The molecule has 1 N–H and O–H groups in total. The lowest BCUT2D eigenvalue weighted by molar-refractivity contribution is -0.274. The smallest absolute Gasteiger partial charge is 0.406 e. The molecule has 1 saturated heterocycles. The van der Waals surface area contributed by atoms with Crippen molar-refractivity contribution in [2.24, 2.45) is 0 Å². The Morgan fingerprint density at radius 3 is 2.09 bits per heavy atom. The summed E-state index contributed by atoms with van der Waals surface area (Å²) in [7, 11) is -4.04. The Balaban J connectivity index is 1.36. The molecule has 3 aromatic rings. The van der Waals surface area contributed by atoms with Gasteiger partial charge in [0.2, 0.25) is 5.95 Å². The monoisotopic (exact) mass is 480 g/mol. The average molecular weight is 480 g/mol. The van der Waals surface area contributed by atoms with Crippen LogP contribution in [0, 0.1) is 0 Å². The molecule has 13 heteroatoms. The third-order valence-electron chi connectivity index (χ3n) is 4.79. The van der Waals surface area contributed by atoms with Crippen LogP contribution in [0.25, 0.3) is 0 Å². The molecule has 0 bridgehead atoms. The van der Waals surface area contributed by atoms with Gasteiger partial charge >= 0.3 is 6.36 Å². The number of ether oxygens (including phenoxy) is 1. The highest BCUT2D eigenvalue weighted by Crippen LogP contribution is 2.25. The summed E-state index contributed by atoms with van der Waals surface area (Å²) in [6.45, 7) is 2.83. The molecule has 4 rings (SSSR count). The number of hydrogen-bond acceptors (Lipinski definition) is 8. The highest BCUT2D eigenvalue weighted by molar-refractivity contribution is 7.92. The number of anilines is 3. The van der Waals surface area contributed by atoms with Gasteiger partial charge < -0.3 is 14.5 Å². The van der Waals surface area contributed by atoms with Crippen LogP contribution in [0.3, 0.4) is 0 Å². The fourth-order valence-electron chi connectivity index (χ4n) is 3.25. The molecular formula is C20H19F3N6O3S. The van der Waals surface area contributed by atoms with Crippen molar-refractivity contribution in [1.82, 2.24) is 15.0 Å². The molecule has 0 aliphatic carbocycles. The first-order valence-electron chi connectivity index (χ1n) is 9.81. The van der Waals surface area contributed by atoms with Crippen LogP contribution in [0.15, 0.2) is 66.0 Å². The molecule has 33 heavy (non-hydrogen) atoms. The Bertz CT molecular complexity index is 1170. The molecular weight excluding hydrogens is 461 g/mol. The van der Waals surface area contributed by atoms with Gasteiger partial charge in [0.1, 0.15) is 11.6 Å². The van der Waals surface area contributed by atoms with Crippen LogP contribution in [0.2, 0.25) is 0 Å². The summed E-state index contributed by atoms with van der Waals surface area (Å²) in [5.41, 5.74) is 0.126. The van der Waals surface area contributed by atoms with Gasteiger partial charge in [-0.15, -0.1) is 13.2 Å². The Kier molecular flexibility index (Phi) is 6.22. The van der Waals surface area contributed by atoms with Crippen molar-refractivity contribution < 1.29 is 26.3 Å². The number of benzene rings is 1. The van der Waals surface area contributed by atoms with E-state index in [0.717, 1.165) is 43.2 Å². The van der Waals surface area contributed by atoms with Gasteiger partial charge in [-0.1, -0.05) is 6.07 Å². The zero-order chi connectivity index (χ0) is 23.5. The van der Waals surface area contributed by atoms with Crippen LogP contribution in [-0.4, -0.2) is 55.9 Å². The quantitative estimate of drug-likeness (QED) is 0.575. The number of pyridine rings is 1. The van der Waals surface area contributed by atoms with Crippen molar-refractivity contribution in [2.45, 2.75) is 11.3 Å². The zero-order valence-electron chi connectivity index (χ0n) is 17.1. The van der Waals surface area contributed by atoms with Crippen molar-refractivity contribution in [3.05, 3.63) is 61.1 Å². The molecule has 0 amide bonds. The van der Waals surface area contributed by atoms with Crippen molar-refractivity contribution in [3.63, 3.8) is 0 Å². The minimum atomic E-state index is -4.86. The fraction of sp³-hybridized carbons (Fsp3) is 0.250. The zero-order valence-corrected chi connectivity index (χ0v) is 17.9. The van der Waals surface area contributed by atoms with Gasteiger partial charge in [0.15, 0.2) is 0 Å². The van der Waals surface area contributed by atoms with E-state index in [0.29, 0.717) is 19.0 Å². The second kappa shape index (κ2) is 9.10. The first-order chi connectivity index (χ1) is 15.7. The maximum atomic E-state index is 12.5. The number of sulfonamides is 1. The summed E-state index contributed by atoms with van der Waals surface area (Å²) in [6.07, 6.45) is -0.434. The minimum absolute atomic E-state index is 0.126. The van der Waals surface area contributed by atoms with E-state index in [2.05, 4.69) is 29.3 Å². The molecule has 1 fully saturated rings. The van der Waals surface area contributed by atoms with Crippen LogP contribution in [-0.2, 0) is 10.0 Å². The predicted molar refractivity (Wildman–Crippen MR) is 115 cm³/mol. The lowest BCUT2D eigenvalue weighted by Crippen LogP contribution is -2.47. The van der Waals surface area contributed by atoms with Gasteiger partial charge in [-0.2, -0.15) is 0 Å². The van der Waals surface area contributed by atoms with E-state index in [-0.39, 0.29) is 10.6 Å². The molecule has 9 nitrogen and oxygen atoms in total. The van der Waals surface area contributed by atoms with Crippen LogP contribution in [0.1, 0.15) is 0 Å². The van der Waals surface area contributed by atoms with Gasteiger partial charge in [-0.25, -0.2) is 23.4 Å². The number of nitrogens with zero attached hydrogens (tertiary/aromatic N) is 5. The summed E-state index contributed by atoms with van der Waals surface area (Å²) >= 11 is 0. The van der Waals surface area contributed by atoms with E-state index in [9.17, 15) is 21.6 Å². The van der Waals surface area contributed by atoms with Gasteiger partial charge in [0, 0.05) is 32.4 Å². The van der Waals surface area contributed by atoms with Gasteiger partial charge in [-0.05, 0) is 36.4 Å². The van der Waals surface area contributed by atoms with Gasteiger partial charge in [0.05, 0.1) is 23.0 Å². The molecule has 2 aromatic heterocycles. The lowest BCUT2D eigenvalue weighted by atomic mass is 10.3. The average Bonchev–Trinajstić information content (AvgIpc) is 2.79. The Labute approximate surface area is 187 Å². The molecule has 174 valence electrons. The van der Waals surface area contributed by atoms with Crippen LogP contribution in [0.4, 0.5) is 30.6 Å². The molecule has 0 spiro atoms. The summed E-state index contributed by atoms with van der Waals surface area (Å²) in [5, 5.41) is 0. The number of piperazine rings is 1. The summed E-state index contributed by atoms with van der Waals surface area (Å²) in [4.78, 5) is 16.7. The van der Waals surface area contributed by atoms with Gasteiger partial charge in [0.25, 0.3) is 10.0 Å². The maximum absolute atomic E-state index is 12.5. The number of hydrogen-bond donors (Lipinski definition) is 1. The van der Waals surface area contributed by atoms with Crippen molar-refractivity contribution in [1.29, 1.82) is 0 Å². The molecule has 0 saturated carbocycles. The van der Waals surface area contributed by atoms with Crippen molar-refractivity contribution in [3.8, 4) is 5.75 Å². The highest BCUT2D eigenvalue weighted by atomic mass is 32.2. The SMILES string of the molecule is O=S(=O)(Nc1cnc(N2CCN(c3ccccn3)CC2)nc1)c1ccc(OC(F)(F)F)cc1.